The number of benzene rings is 2. The number of ether oxygens (including phenoxy) is 2. The summed E-state index contributed by atoms with van der Waals surface area (Å²) >= 11 is 0.213. The number of thioether (sulfide) groups is 1. The lowest BCUT2D eigenvalue weighted by molar-refractivity contribution is -0.114. The maximum Gasteiger partial charge on any atom is 0.441 e. The van der Waals surface area contributed by atoms with Gasteiger partial charge in [-0.15, -0.1) is 0 Å². The van der Waals surface area contributed by atoms with Gasteiger partial charge in [-0.2, -0.15) is 28.3 Å². The lowest BCUT2D eigenvalue weighted by atomic mass is 10.1. The summed E-state index contributed by atoms with van der Waals surface area (Å²) in [4.78, 5) is 15.9. The highest BCUT2D eigenvalue weighted by Crippen LogP contribution is 2.35. The first-order valence-electron chi connectivity index (χ1n) is 9.70. The molecule has 0 saturated carbocycles. The molecule has 7 nitrogen and oxygen atoms in total. The molecule has 170 valence electrons. The Labute approximate surface area is 191 Å². The molecule has 2 aliphatic heterocycles. The summed E-state index contributed by atoms with van der Waals surface area (Å²) in [5.41, 5.74) is 1.49. The van der Waals surface area contributed by atoms with E-state index in [1.807, 2.05) is 31.2 Å². The van der Waals surface area contributed by atoms with Crippen LogP contribution in [0.15, 0.2) is 64.2 Å². The maximum absolute atomic E-state index is 12.9. The average molecular weight is 474 g/mol. The van der Waals surface area contributed by atoms with Crippen molar-refractivity contribution in [2.75, 3.05) is 13.2 Å². The number of rotatable bonds is 6. The molecule has 0 radical (unpaired) electrons. The van der Waals surface area contributed by atoms with E-state index in [0.29, 0.717) is 29.5 Å². The Kier molecular flexibility index (Phi) is 6.23. The third-order valence-electron chi connectivity index (χ3n) is 4.50. The van der Waals surface area contributed by atoms with Crippen LogP contribution in [0, 0.1) is 12.3 Å². The van der Waals surface area contributed by atoms with Crippen molar-refractivity contribution in [2.24, 2.45) is 10.1 Å². The van der Waals surface area contributed by atoms with Gasteiger partial charge in [0.1, 0.15) is 24.7 Å². The minimum atomic E-state index is -4.68. The fourth-order valence-corrected chi connectivity index (χ4v) is 3.72. The van der Waals surface area contributed by atoms with Crippen molar-refractivity contribution in [1.29, 1.82) is 5.41 Å². The van der Waals surface area contributed by atoms with Crippen LogP contribution in [0.5, 0.6) is 11.5 Å². The second kappa shape index (κ2) is 9.10. The number of amidine groups is 2. The lowest BCUT2D eigenvalue weighted by Crippen LogP contribution is -2.35. The monoisotopic (exact) mass is 474 g/mol. The number of aryl methyl sites for hydroxylation is 1. The largest absolute Gasteiger partial charge is 0.490 e. The van der Waals surface area contributed by atoms with Crippen molar-refractivity contribution in [3.8, 4) is 11.5 Å². The highest BCUT2D eigenvalue weighted by atomic mass is 32.2. The Morgan fingerprint density at radius 3 is 2.45 bits per heavy atom. The number of aliphatic imine (C=N–C) groups is 1. The van der Waals surface area contributed by atoms with Crippen molar-refractivity contribution < 1.29 is 27.4 Å². The summed E-state index contributed by atoms with van der Waals surface area (Å²) in [6.45, 7) is 2.65. The molecular formula is C22H17F3N4O3S. The minimum Gasteiger partial charge on any atom is -0.490 e. The number of carbonyl (C=O) groups is 1. The Balaban J connectivity index is 1.38. The van der Waals surface area contributed by atoms with Crippen LogP contribution in [0.25, 0.3) is 6.08 Å². The molecule has 33 heavy (non-hydrogen) atoms. The van der Waals surface area contributed by atoms with Crippen LogP contribution in [0.2, 0.25) is 0 Å². The zero-order valence-corrected chi connectivity index (χ0v) is 18.0. The number of hydrogen-bond donors (Lipinski definition) is 1. The number of halogens is 3. The fraction of sp³-hybridized carbons (Fsp3) is 0.182. The third kappa shape index (κ3) is 5.25. The number of fused-ring (bicyclic) bond motifs is 1. The summed E-state index contributed by atoms with van der Waals surface area (Å²) in [7, 11) is 0. The van der Waals surface area contributed by atoms with Gasteiger partial charge in [0.25, 0.3) is 5.91 Å². The van der Waals surface area contributed by atoms with Crippen molar-refractivity contribution in [2.45, 2.75) is 13.1 Å². The highest BCUT2D eigenvalue weighted by Gasteiger charge is 2.46. The van der Waals surface area contributed by atoms with Gasteiger partial charge < -0.3 is 9.47 Å². The summed E-state index contributed by atoms with van der Waals surface area (Å²) in [6.07, 6.45) is -3.31. The van der Waals surface area contributed by atoms with Crippen LogP contribution in [0.4, 0.5) is 13.2 Å². The van der Waals surface area contributed by atoms with Crippen molar-refractivity contribution in [3.05, 3.63) is 65.2 Å². The molecular weight excluding hydrogens is 457 g/mol. The molecule has 1 amide bonds. The van der Waals surface area contributed by atoms with E-state index in [1.54, 1.807) is 24.3 Å². The topological polar surface area (TPSA) is 87.3 Å². The predicted molar refractivity (Wildman–Crippen MR) is 120 cm³/mol. The Morgan fingerprint density at radius 1 is 1.09 bits per heavy atom. The van der Waals surface area contributed by atoms with Crippen LogP contribution in [0.3, 0.4) is 0 Å². The number of nitrogens with one attached hydrogen (secondary N) is 1. The molecule has 11 heteroatoms. The van der Waals surface area contributed by atoms with E-state index < -0.39 is 23.0 Å². The molecule has 0 saturated heterocycles. The van der Waals surface area contributed by atoms with E-state index >= 15 is 0 Å². The first-order chi connectivity index (χ1) is 15.7. The molecule has 2 aliphatic rings. The molecule has 2 aromatic rings. The highest BCUT2D eigenvalue weighted by molar-refractivity contribution is 8.27. The quantitative estimate of drug-likeness (QED) is 0.487. The number of alkyl halides is 3. The molecule has 2 aromatic carbocycles. The summed E-state index contributed by atoms with van der Waals surface area (Å²) < 4.78 is 49.9. The van der Waals surface area contributed by atoms with Crippen LogP contribution in [0.1, 0.15) is 11.1 Å². The minimum absolute atomic E-state index is 0.160. The normalized spacial score (nSPS) is 17.1. The van der Waals surface area contributed by atoms with Gasteiger partial charge in [0.15, 0.2) is 5.84 Å². The van der Waals surface area contributed by atoms with Crippen LogP contribution < -0.4 is 9.47 Å². The molecule has 0 aliphatic carbocycles. The number of hydrazone groups is 1. The van der Waals surface area contributed by atoms with Gasteiger partial charge in [0.05, 0.1) is 5.57 Å². The third-order valence-corrected chi connectivity index (χ3v) is 5.45. The fourth-order valence-electron chi connectivity index (χ4n) is 2.96. The second-order valence-corrected chi connectivity index (χ2v) is 7.96. The Bertz CT molecular complexity index is 1190. The van der Waals surface area contributed by atoms with Gasteiger partial charge in [0.2, 0.25) is 10.2 Å². The molecule has 0 fully saturated rings. The standard InChI is InChI=1S/C22H17F3N4O3S/c1-13-3-2-4-16(11-13)32-10-9-31-15-7-5-14(6-8-15)12-17-18(26)29-21(27-19(17)30)33-20(28-29)22(23,24)25/h2-8,11-12,26H,9-10H2,1H3/b17-12+,26-18?. The molecule has 4 rings (SSSR count). The van der Waals surface area contributed by atoms with Gasteiger partial charge in [-0.1, -0.05) is 24.3 Å². The van der Waals surface area contributed by atoms with Crippen LogP contribution in [-0.4, -0.2) is 46.4 Å². The van der Waals surface area contributed by atoms with Gasteiger partial charge in [-0.05, 0) is 60.2 Å². The SMILES string of the molecule is Cc1cccc(OCCOc2ccc(/C=C3\C(=N)N4N=C(C(F)(F)F)SC4=NC3=O)cc2)c1. The zero-order chi connectivity index (χ0) is 23.6. The lowest BCUT2D eigenvalue weighted by Gasteiger charge is -2.20. The smallest absolute Gasteiger partial charge is 0.441 e. The summed E-state index contributed by atoms with van der Waals surface area (Å²) in [6, 6.07) is 14.3. The van der Waals surface area contributed by atoms with E-state index in [2.05, 4.69) is 10.1 Å². The summed E-state index contributed by atoms with van der Waals surface area (Å²) in [5, 5.41) is 10.8. The molecule has 0 aromatic heterocycles. The number of carbonyl (C=O) groups excluding carboxylic acids is 1. The molecule has 2 heterocycles. The Hall–Kier alpha value is -3.60. The van der Waals surface area contributed by atoms with Gasteiger partial charge in [-0.3, -0.25) is 10.2 Å². The van der Waals surface area contributed by atoms with Gasteiger partial charge in [0, 0.05) is 0 Å². The maximum atomic E-state index is 12.9. The predicted octanol–water partition coefficient (Wildman–Crippen LogP) is 4.63. The van der Waals surface area contributed by atoms with E-state index in [4.69, 9.17) is 14.9 Å². The van der Waals surface area contributed by atoms with E-state index in [-0.39, 0.29) is 22.5 Å². The summed E-state index contributed by atoms with van der Waals surface area (Å²) in [5.74, 6) is 0.0659. The molecule has 0 bridgehead atoms. The molecule has 0 atom stereocenters. The van der Waals surface area contributed by atoms with Crippen molar-refractivity contribution in [1.82, 2.24) is 5.01 Å². The number of amides is 1. The Morgan fingerprint density at radius 2 is 1.79 bits per heavy atom. The first-order valence-corrected chi connectivity index (χ1v) is 10.5. The number of nitrogens with zero attached hydrogens (tertiary/aromatic N) is 3. The van der Waals surface area contributed by atoms with E-state index in [1.165, 1.54) is 6.08 Å². The van der Waals surface area contributed by atoms with Crippen molar-refractivity contribution >= 4 is 39.8 Å². The van der Waals surface area contributed by atoms with Crippen LogP contribution >= 0.6 is 11.8 Å². The van der Waals surface area contributed by atoms with Gasteiger partial charge in [-0.25, -0.2) is 0 Å². The van der Waals surface area contributed by atoms with E-state index in [9.17, 15) is 18.0 Å². The molecule has 0 spiro atoms. The average Bonchev–Trinajstić information content (AvgIpc) is 3.20. The molecule has 0 unspecified atom stereocenters. The molecule has 1 N–H and O–H groups in total. The van der Waals surface area contributed by atoms with Crippen LogP contribution in [-0.2, 0) is 4.79 Å². The van der Waals surface area contributed by atoms with E-state index in [0.717, 1.165) is 11.3 Å². The van der Waals surface area contributed by atoms with Crippen molar-refractivity contribution in [3.63, 3.8) is 0 Å². The zero-order valence-electron chi connectivity index (χ0n) is 17.2. The number of hydrogen-bond acceptors (Lipinski definition) is 6. The van der Waals surface area contributed by atoms with Gasteiger partial charge >= 0.3 is 6.18 Å². The second-order valence-electron chi connectivity index (χ2n) is 7.01. The first kappa shape index (κ1) is 22.6.